The summed E-state index contributed by atoms with van der Waals surface area (Å²) in [6.45, 7) is 9.30. The van der Waals surface area contributed by atoms with Crippen LogP contribution in [0.15, 0.2) is 35.5 Å². The molecule has 0 bridgehead atoms. The van der Waals surface area contributed by atoms with Crippen LogP contribution in [0.4, 0.5) is 11.6 Å². The van der Waals surface area contributed by atoms with Gasteiger partial charge in [0.2, 0.25) is 15.9 Å². The molecule has 1 amide bonds. The van der Waals surface area contributed by atoms with Gasteiger partial charge in [-0.2, -0.15) is 4.72 Å². The molecule has 2 heterocycles. The number of rotatable bonds is 15. The lowest BCUT2D eigenvalue weighted by atomic mass is 9.96. The Balaban J connectivity index is 1.84. The minimum absolute atomic E-state index is 0.123. The number of H-pyrrole nitrogens is 1. The highest BCUT2D eigenvalue weighted by atomic mass is 32.2. The van der Waals surface area contributed by atoms with Gasteiger partial charge in [-0.3, -0.25) is 9.59 Å². The Kier molecular flexibility index (Phi) is 11.2. The molecule has 1 unspecified atom stereocenters. The molecule has 1 aliphatic rings. The number of nitrogens with zero attached hydrogens (tertiary/aromatic N) is 2. The summed E-state index contributed by atoms with van der Waals surface area (Å²) in [5, 5.41) is 6.38. The molecule has 0 radical (unpaired) electrons. The third-order valence-corrected chi connectivity index (χ3v) is 8.08. The first kappa shape index (κ1) is 30.4. The van der Waals surface area contributed by atoms with Crippen molar-refractivity contribution in [1.29, 1.82) is 0 Å². The van der Waals surface area contributed by atoms with Gasteiger partial charge in [0.15, 0.2) is 5.95 Å². The van der Waals surface area contributed by atoms with E-state index in [2.05, 4.69) is 32.2 Å². The predicted octanol–water partition coefficient (Wildman–Crippen LogP) is 2.99. The summed E-state index contributed by atoms with van der Waals surface area (Å²) in [7, 11) is -4.06. The smallest absolute Gasteiger partial charge is 0.325 e. The lowest BCUT2D eigenvalue weighted by Gasteiger charge is -2.29. The molecule has 0 saturated carbocycles. The second-order valence-electron chi connectivity index (χ2n) is 10.4. The van der Waals surface area contributed by atoms with Gasteiger partial charge >= 0.3 is 5.97 Å². The van der Waals surface area contributed by atoms with E-state index in [1.54, 1.807) is 31.5 Å². The third-order valence-electron chi connectivity index (χ3n) is 6.57. The molecule has 11 nitrogen and oxygen atoms in total. The number of aromatic nitrogens is 2. The van der Waals surface area contributed by atoms with E-state index in [1.807, 2.05) is 19.9 Å². The zero-order chi connectivity index (χ0) is 28.4. The van der Waals surface area contributed by atoms with Gasteiger partial charge in [0.05, 0.1) is 12.3 Å². The number of ether oxygens (including phenoxy) is 1. The van der Waals surface area contributed by atoms with Crippen molar-refractivity contribution >= 4 is 33.5 Å². The highest BCUT2D eigenvalue weighted by molar-refractivity contribution is 7.89. The topological polar surface area (TPSA) is 146 Å². The quantitative estimate of drug-likeness (QED) is 0.191. The van der Waals surface area contributed by atoms with Crippen molar-refractivity contribution in [2.24, 2.45) is 11.8 Å². The second kappa shape index (κ2) is 14.3. The SMILES string of the molecule is CCOC(=O)CN(CCC(C)C)C(=O)[C@H](CCCNc1ncc[nH]1)NS(=O)(=O)c1cccc2c1NCC(C)C2. The fourth-order valence-electron chi connectivity index (χ4n) is 4.52. The van der Waals surface area contributed by atoms with Crippen LogP contribution in [0.3, 0.4) is 0 Å². The van der Waals surface area contributed by atoms with Gasteiger partial charge in [-0.05, 0) is 56.1 Å². The molecule has 2 aromatic rings. The molecule has 1 aromatic carbocycles. The summed E-state index contributed by atoms with van der Waals surface area (Å²) in [6, 6.07) is 4.15. The molecule has 0 fully saturated rings. The second-order valence-corrected chi connectivity index (χ2v) is 12.1. The van der Waals surface area contributed by atoms with Gasteiger partial charge in [0.25, 0.3) is 0 Å². The summed E-state index contributed by atoms with van der Waals surface area (Å²) >= 11 is 0. The van der Waals surface area contributed by atoms with E-state index in [-0.39, 0.29) is 24.5 Å². The Morgan fingerprint density at radius 2 is 2.05 bits per heavy atom. The van der Waals surface area contributed by atoms with E-state index in [1.165, 1.54) is 4.90 Å². The fraction of sp³-hybridized carbons (Fsp3) is 0.593. The van der Waals surface area contributed by atoms with Gasteiger partial charge in [0, 0.05) is 32.0 Å². The zero-order valence-electron chi connectivity index (χ0n) is 23.3. The molecule has 0 saturated heterocycles. The van der Waals surface area contributed by atoms with Crippen molar-refractivity contribution < 1.29 is 22.7 Å². The van der Waals surface area contributed by atoms with E-state index in [9.17, 15) is 18.0 Å². The number of hydrogen-bond acceptors (Lipinski definition) is 8. The Labute approximate surface area is 231 Å². The van der Waals surface area contributed by atoms with Crippen molar-refractivity contribution in [3.05, 3.63) is 36.2 Å². The van der Waals surface area contributed by atoms with E-state index in [0.717, 1.165) is 12.0 Å². The number of hydrogen-bond donors (Lipinski definition) is 4. The normalized spacial score (nSPS) is 15.8. The predicted molar refractivity (Wildman–Crippen MR) is 151 cm³/mol. The van der Waals surface area contributed by atoms with Crippen LogP contribution in [-0.4, -0.2) is 74.0 Å². The highest BCUT2D eigenvalue weighted by Gasteiger charge is 2.32. The summed E-state index contributed by atoms with van der Waals surface area (Å²) < 4.78 is 35.1. The number of carbonyl (C=O) groups excluding carboxylic acids is 2. The number of anilines is 2. The Morgan fingerprint density at radius 3 is 2.74 bits per heavy atom. The van der Waals surface area contributed by atoms with E-state index >= 15 is 0 Å². The number of fused-ring (bicyclic) bond motifs is 1. The number of carbonyl (C=O) groups is 2. The van der Waals surface area contributed by atoms with E-state index < -0.39 is 27.9 Å². The van der Waals surface area contributed by atoms with Crippen molar-refractivity contribution in [1.82, 2.24) is 19.6 Å². The maximum atomic E-state index is 13.8. The van der Waals surface area contributed by atoms with Gasteiger partial charge in [-0.1, -0.05) is 32.9 Å². The summed E-state index contributed by atoms with van der Waals surface area (Å²) in [6.07, 6.45) is 5.47. The molecule has 12 heteroatoms. The monoisotopic (exact) mass is 562 g/mol. The molecular weight excluding hydrogens is 520 g/mol. The number of sulfonamides is 1. The Hall–Kier alpha value is -3.12. The van der Waals surface area contributed by atoms with E-state index in [0.29, 0.717) is 55.9 Å². The molecule has 0 spiro atoms. The maximum Gasteiger partial charge on any atom is 0.325 e. The molecule has 39 heavy (non-hydrogen) atoms. The number of esters is 1. The summed E-state index contributed by atoms with van der Waals surface area (Å²) in [4.78, 5) is 34.7. The Bertz CT molecular complexity index is 1190. The van der Waals surface area contributed by atoms with E-state index in [4.69, 9.17) is 4.74 Å². The molecule has 216 valence electrons. The molecule has 1 aliphatic heterocycles. The number of nitrogens with one attached hydrogen (secondary N) is 4. The minimum atomic E-state index is -4.06. The van der Waals surface area contributed by atoms with Crippen LogP contribution in [0.25, 0.3) is 0 Å². The van der Waals surface area contributed by atoms with Gasteiger partial charge in [-0.15, -0.1) is 0 Å². The van der Waals surface area contributed by atoms with Crippen molar-refractivity contribution in [3.63, 3.8) is 0 Å². The van der Waals surface area contributed by atoms with Crippen LogP contribution in [0, 0.1) is 11.8 Å². The van der Waals surface area contributed by atoms with Crippen molar-refractivity contribution in [2.75, 3.05) is 43.4 Å². The van der Waals surface area contributed by atoms with Crippen LogP contribution in [0.2, 0.25) is 0 Å². The molecule has 1 aromatic heterocycles. The summed E-state index contributed by atoms with van der Waals surface area (Å²) in [5.41, 5.74) is 1.51. The first-order valence-electron chi connectivity index (χ1n) is 13.7. The first-order chi connectivity index (χ1) is 18.6. The van der Waals surface area contributed by atoms with Crippen LogP contribution in [0.5, 0.6) is 0 Å². The van der Waals surface area contributed by atoms with Gasteiger partial charge in [0.1, 0.15) is 17.5 Å². The maximum absolute atomic E-state index is 13.8. The molecule has 4 N–H and O–H groups in total. The number of benzene rings is 1. The molecular formula is C27H42N6O5S. The highest BCUT2D eigenvalue weighted by Crippen LogP contribution is 2.31. The fourth-order valence-corrected chi connectivity index (χ4v) is 5.97. The average Bonchev–Trinajstić information content (AvgIpc) is 3.41. The lowest BCUT2D eigenvalue weighted by Crippen LogP contribution is -2.50. The standard InChI is InChI=1S/C27H42N6O5S/c1-5-38-24(34)18-33(15-11-19(2)3)26(35)22(9-7-12-28-27-29-13-14-30-27)32-39(36,37)23-10-6-8-21-16-20(4)17-31-25(21)23/h6,8,10,13-14,19-20,22,31-32H,5,7,9,11-12,15-18H2,1-4H3,(H2,28,29,30)/t20?,22-/m0/s1. The largest absolute Gasteiger partial charge is 0.465 e. The van der Waals surface area contributed by atoms with Crippen LogP contribution >= 0.6 is 0 Å². The van der Waals surface area contributed by atoms with Gasteiger partial charge in [-0.25, -0.2) is 13.4 Å². The number of amides is 1. The van der Waals surface area contributed by atoms with Crippen LogP contribution in [-0.2, 0) is 30.8 Å². The lowest BCUT2D eigenvalue weighted by molar-refractivity contribution is -0.149. The van der Waals surface area contributed by atoms with Crippen molar-refractivity contribution in [2.45, 2.75) is 64.3 Å². The number of aromatic amines is 1. The van der Waals surface area contributed by atoms with Crippen molar-refractivity contribution in [3.8, 4) is 0 Å². The first-order valence-corrected chi connectivity index (χ1v) is 15.1. The average molecular weight is 563 g/mol. The minimum Gasteiger partial charge on any atom is -0.465 e. The zero-order valence-corrected chi connectivity index (χ0v) is 24.1. The van der Waals surface area contributed by atoms with Crippen LogP contribution in [0.1, 0.15) is 52.5 Å². The summed E-state index contributed by atoms with van der Waals surface area (Å²) in [5.74, 6) is 0.301. The number of imidazole rings is 1. The van der Waals surface area contributed by atoms with Crippen LogP contribution < -0.4 is 15.4 Å². The molecule has 3 rings (SSSR count). The number of para-hydroxylation sites is 1. The molecule has 2 atom stereocenters. The third kappa shape index (κ3) is 8.96. The molecule has 0 aliphatic carbocycles. The Morgan fingerprint density at radius 1 is 1.26 bits per heavy atom. The van der Waals surface area contributed by atoms with Gasteiger partial charge < -0.3 is 25.3 Å².